The normalized spacial score (nSPS) is 13.2. The van der Waals surface area contributed by atoms with E-state index in [1.54, 1.807) is 0 Å². The quantitative estimate of drug-likeness (QED) is 0.411. The van der Waals surface area contributed by atoms with Gasteiger partial charge >= 0.3 is 13.7 Å². The maximum absolute atomic E-state index is 12.7. The summed E-state index contributed by atoms with van der Waals surface area (Å²) in [4.78, 5) is 37.0. The first kappa shape index (κ1) is 26.6. The van der Waals surface area contributed by atoms with Crippen molar-refractivity contribution in [3.05, 3.63) is 35.9 Å². The summed E-state index contributed by atoms with van der Waals surface area (Å²) in [5.41, 5.74) is 0.817. The lowest BCUT2D eigenvalue weighted by molar-refractivity contribution is -0.129. The van der Waals surface area contributed by atoms with Gasteiger partial charge in [-0.15, -0.1) is 0 Å². The largest absolute Gasteiger partial charge is 0.445 e. The zero-order valence-electron chi connectivity index (χ0n) is 18.5. The van der Waals surface area contributed by atoms with Crippen molar-refractivity contribution in [2.75, 3.05) is 20.5 Å². The van der Waals surface area contributed by atoms with Gasteiger partial charge in [-0.1, -0.05) is 44.2 Å². The summed E-state index contributed by atoms with van der Waals surface area (Å²) in [6.07, 6.45) is -0.718. The Bertz CT molecular complexity index is 765. The molecule has 0 aliphatic carbocycles. The third-order valence-corrected chi connectivity index (χ3v) is 5.94. The Kier molecular flexibility index (Phi) is 11.2. The highest BCUT2D eigenvalue weighted by Crippen LogP contribution is 2.44. The Labute approximate surface area is 182 Å². The van der Waals surface area contributed by atoms with Gasteiger partial charge in [0, 0.05) is 14.2 Å². The molecule has 10 nitrogen and oxygen atoms in total. The summed E-state index contributed by atoms with van der Waals surface area (Å²) in [6, 6.07) is 7.32. The van der Waals surface area contributed by atoms with Crippen molar-refractivity contribution in [2.45, 2.75) is 45.9 Å². The Balaban J connectivity index is 2.62. The fraction of sp³-hybridized carbons (Fsp3) is 0.550. The highest BCUT2D eigenvalue weighted by Gasteiger charge is 2.27. The van der Waals surface area contributed by atoms with Gasteiger partial charge in [0.2, 0.25) is 11.8 Å². The van der Waals surface area contributed by atoms with Gasteiger partial charge < -0.3 is 29.7 Å². The number of benzene rings is 1. The van der Waals surface area contributed by atoms with E-state index in [2.05, 4.69) is 16.0 Å². The van der Waals surface area contributed by atoms with E-state index < -0.39 is 37.6 Å². The maximum Gasteiger partial charge on any atom is 0.408 e. The van der Waals surface area contributed by atoms with E-state index >= 15 is 0 Å². The number of ether oxygens (including phenoxy) is 1. The standard InChI is InChI=1S/C20H32N3O7P/c1-14(2)11-17(23-20(26)30-12-16-9-7-6-8-10-16)19(25)22-15(3)18(24)21-13-31(27,28-4)29-5/h6-10,14-15,17H,11-13H2,1-5H3,(H,21,24)(H,22,25)(H,23,26)/t15-,17-/m0/s1. The van der Waals surface area contributed by atoms with Gasteiger partial charge in [-0.05, 0) is 24.8 Å². The smallest absolute Gasteiger partial charge is 0.408 e. The highest BCUT2D eigenvalue weighted by molar-refractivity contribution is 7.53. The van der Waals surface area contributed by atoms with Crippen LogP contribution in [0.2, 0.25) is 0 Å². The van der Waals surface area contributed by atoms with Crippen LogP contribution < -0.4 is 16.0 Å². The molecule has 0 radical (unpaired) electrons. The van der Waals surface area contributed by atoms with Gasteiger partial charge in [-0.2, -0.15) is 0 Å². The van der Waals surface area contributed by atoms with Crippen LogP contribution in [0.1, 0.15) is 32.8 Å². The van der Waals surface area contributed by atoms with Crippen molar-refractivity contribution in [1.29, 1.82) is 0 Å². The Morgan fingerprint density at radius 1 is 0.968 bits per heavy atom. The zero-order chi connectivity index (χ0) is 23.4. The van der Waals surface area contributed by atoms with E-state index in [1.807, 2.05) is 44.2 Å². The third-order valence-electron chi connectivity index (χ3n) is 4.28. The first-order valence-electron chi connectivity index (χ1n) is 9.86. The molecule has 0 unspecified atom stereocenters. The lowest BCUT2D eigenvalue weighted by atomic mass is 10.0. The molecule has 3 N–H and O–H groups in total. The molecule has 1 aromatic rings. The van der Waals surface area contributed by atoms with Crippen LogP contribution in [-0.2, 0) is 34.5 Å². The molecule has 0 aliphatic rings. The lowest BCUT2D eigenvalue weighted by Crippen LogP contribution is -2.53. The number of alkyl carbamates (subject to hydrolysis) is 1. The molecule has 0 saturated carbocycles. The van der Waals surface area contributed by atoms with E-state index in [4.69, 9.17) is 13.8 Å². The fourth-order valence-electron chi connectivity index (χ4n) is 2.52. The monoisotopic (exact) mass is 457 g/mol. The molecule has 0 heterocycles. The topological polar surface area (TPSA) is 132 Å². The van der Waals surface area contributed by atoms with Crippen molar-refractivity contribution >= 4 is 25.5 Å². The van der Waals surface area contributed by atoms with Crippen LogP contribution in [0, 0.1) is 5.92 Å². The molecule has 0 bridgehead atoms. The first-order valence-corrected chi connectivity index (χ1v) is 11.6. The van der Waals surface area contributed by atoms with Crippen LogP contribution in [-0.4, -0.2) is 50.5 Å². The number of nitrogens with one attached hydrogen (secondary N) is 3. The van der Waals surface area contributed by atoms with Crippen LogP contribution in [0.3, 0.4) is 0 Å². The van der Waals surface area contributed by atoms with Crippen LogP contribution in [0.4, 0.5) is 4.79 Å². The number of amides is 3. The van der Waals surface area contributed by atoms with Gasteiger partial charge in [0.05, 0.1) is 0 Å². The molecular formula is C20H32N3O7P. The van der Waals surface area contributed by atoms with Gasteiger partial charge in [0.15, 0.2) is 0 Å². The predicted molar refractivity (Wildman–Crippen MR) is 115 cm³/mol. The summed E-state index contributed by atoms with van der Waals surface area (Å²) < 4.78 is 26.7. The first-order chi connectivity index (χ1) is 14.6. The van der Waals surface area contributed by atoms with Gasteiger partial charge in [-0.3, -0.25) is 14.2 Å². The van der Waals surface area contributed by atoms with Crippen LogP contribution in [0.25, 0.3) is 0 Å². The minimum atomic E-state index is -3.42. The minimum absolute atomic E-state index is 0.0700. The molecule has 0 spiro atoms. The van der Waals surface area contributed by atoms with Gasteiger partial charge in [0.1, 0.15) is 25.0 Å². The van der Waals surface area contributed by atoms with Crippen molar-refractivity contribution in [3.8, 4) is 0 Å². The van der Waals surface area contributed by atoms with Crippen molar-refractivity contribution < 1.29 is 32.7 Å². The lowest BCUT2D eigenvalue weighted by Gasteiger charge is -2.22. The van der Waals surface area contributed by atoms with E-state index in [1.165, 1.54) is 21.1 Å². The molecule has 0 saturated heterocycles. The van der Waals surface area contributed by atoms with Crippen LogP contribution in [0.5, 0.6) is 0 Å². The summed E-state index contributed by atoms with van der Waals surface area (Å²) in [6.45, 7) is 5.35. The van der Waals surface area contributed by atoms with Crippen molar-refractivity contribution in [3.63, 3.8) is 0 Å². The van der Waals surface area contributed by atoms with Crippen LogP contribution in [0.15, 0.2) is 30.3 Å². The molecule has 2 atom stereocenters. The molecule has 174 valence electrons. The zero-order valence-corrected chi connectivity index (χ0v) is 19.4. The Morgan fingerprint density at radius 2 is 1.58 bits per heavy atom. The molecular weight excluding hydrogens is 425 g/mol. The minimum Gasteiger partial charge on any atom is -0.445 e. The summed E-state index contributed by atoms with van der Waals surface area (Å²) in [7, 11) is -0.999. The molecule has 0 aliphatic heterocycles. The second-order valence-corrected chi connectivity index (χ2v) is 9.56. The van der Waals surface area contributed by atoms with Crippen molar-refractivity contribution in [1.82, 2.24) is 16.0 Å². The van der Waals surface area contributed by atoms with E-state index in [-0.39, 0.29) is 18.8 Å². The third kappa shape index (κ3) is 9.95. The molecule has 1 rings (SSSR count). The molecule has 11 heteroatoms. The summed E-state index contributed by atoms with van der Waals surface area (Å²) in [5.74, 6) is -1.00. The van der Waals surface area contributed by atoms with E-state index in [9.17, 15) is 18.9 Å². The predicted octanol–water partition coefficient (Wildman–Crippen LogP) is 2.39. The number of carbonyl (C=O) groups excluding carboxylic acids is 3. The van der Waals surface area contributed by atoms with Crippen LogP contribution >= 0.6 is 7.60 Å². The van der Waals surface area contributed by atoms with E-state index in [0.717, 1.165) is 5.56 Å². The maximum atomic E-state index is 12.7. The molecule has 31 heavy (non-hydrogen) atoms. The summed E-state index contributed by atoms with van der Waals surface area (Å²) >= 11 is 0. The average Bonchev–Trinajstić information content (AvgIpc) is 2.75. The highest BCUT2D eigenvalue weighted by atomic mass is 31.2. The van der Waals surface area contributed by atoms with E-state index in [0.29, 0.717) is 6.42 Å². The van der Waals surface area contributed by atoms with Crippen molar-refractivity contribution in [2.24, 2.45) is 5.92 Å². The molecule has 3 amide bonds. The van der Waals surface area contributed by atoms with Gasteiger partial charge in [-0.25, -0.2) is 4.79 Å². The number of hydrogen-bond donors (Lipinski definition) is 3. The second-order valence-electron chi connectivity index (χ2n) is 7.29. The molecule has 0 aromatic heterocycles. The number of hydrogen-bond acceptors (Lipinski definition) is 7. The second kappa shape index (κ2) is 13.1. The summed E-state index contributed by atoms with van der Waals surface area (Å²) in [5, 5.41) is 7.50. The number of carbonyl (C=O) groups is 3. The Morgan fingerprint density at radius 3 is 2.13 bits per heavy atom. The SMILES string of the molecule is COP(=O)(CNC(=O)[C@H](C)NC(=O)[C@H](CC(C)C)NC(=O)OCc1ccccc1)OC. The molecule has 1 aromatic carbocycles. The average molecular weight is 457 g/mol. The van der Waals surface area contributed by atoms with Gasteiger partial charge in [0.25, 0.3) is 0 Å². The number of rotatable bonds is 12. The Hall–Kier alpha value is -2.42. The fourth-order valence-corrected chi connectivity index (χ4v) is 3.28. The molecule has 0 fully saturated rings.